The molecule has 3 rings (SSSR count). The fourth-order valence-electron chi connectivity index (χ4n) is 3.69. The van der Waals surface area contributed by atoms with Crippen molar-refractivity contribution in [1.82, 2.24) is 14.7 Å². The van der Waals surface area contributed by atoms with Gasteiger partial charge in [0.15, 0.2) is 0 Å². The standard InChI is InChI=1S/C19H23F2N3O3/c1-12(2)16(19(27)23-9-7-22(8-10-23)11-15(20)21)24-17(25)13-5-3-4-6-14(13)18(24)26/h3-6,12,15-16H,7-11H2,1-2H3. The molecule has 27 heavy (non-hydrogen) atoms. The molecule has 1 unspecified atom stereocenters. The van der Waals surface area contributed by atoms with E-state index in [1.165, 1.54) is 0 Å². The Kier molecular flexibility index (Phi) is 5.55. The van der Waals surface area contributed by atoms with E-state index in [1.807, 2.05) is 0 Å². The van der Waals surface area contributed by atoms with Crippen molar-refractivity contribution >= 4 is 17.7 Å². The Morgan fingerprint density at radius 1 is 1.00 bits per heavy atom. The Bertz CT molecular complexity index is 710. The molecule has 3 amide bonds. The van der Waals surface area contributed by atoms with Crippen molar-refractivity contribution in [2.75, 3.05) is 32.7 Å². The number of alkyl halides is 2. The number of hydrogen-bond donors (Lipinski definition) is 0. The molecule has 1 aromatic carbocycles. The molecule has 0 bridgehead atoms. The minimum Gasteiger partial charge on any atom is -0.338 e. The molecule has 1 atom stereocenters. The van der Waals surface area contributed by atoms with Gasteiger partial charge in [0.05, 0.1) is 17.7 Å². The highest BCUT2D eigenvalue weighted by atomic mass is 19.3. The van der Waals surface area contributed by atoms with Crippen LogP contribution in [0.3, 0.4) is 0 Å². The van der Waals surface area contributed by atoms with Gasteiger partial charge in [-0.3, -0.25) is 24.2 Å². The molecule has 0 saturated carbocycles. The Morgan fingerprint density at radius 3 is 1.96 bits per heavy atom. The van der Waals surface area contributed by atoms with Crippen LogP contribution in [0.5, 0.6) is 0 Å². The van der Waals surface area contributed by atoms with Gasteiger partial charge in [-0.05, 0) is 18.1 Å². The molecule has 146 valence electrons. The number of carbonyl (C=O) groups is 3. The third-order valence-corrected chi connectivity index (χ3v) is 5.07. The Balaban J connectivity index is 1.76. The van der Waals surface area contributed by atoms with Gasteiger partial charge in [0, 0.05) is 26.2 Å². The second-order valence-corrected chi connectivity index (χ2v) is 7.23. The van der Waals surface area contributed by atoms with E-state index < -0.39 is 24.3 Å². The summed E-state index contributed by atoms with van der Waals surface area (Å²) < 4.78 is 25.1. The number of hydrogen-bond acceptors (Lipinski definition) is 4. The van der Waals surface area contributed by atoms with Crippen LogP contribution in [0.15, 0.2) is 24.3 Å². The topological polar surface area (TPSA) is 60.9 Å². The van der Waals surface area contributed by atoms with Gasteiger partial charge in [0.1, 0.15) is 6.04 Å². The van der Waals surface area contributed by atoms with E-state index in [1.54, 1.807) is 47.9 Å². The summed E-state index contributed by atoms with van der Waals surface area (Å²) in [4.78, 5) is 42.9. The molecule has 0 radical (unpaired) electrons. The minimum absolute atomic E-state index is 0.265. The lowest BCUT2D eigenvalue weighted by molar-refractivity contribution is -0.138. The van der Waals surface area contributed by atoms with Gasteiger partial charge >= 0.3 is 0 Å². The Labute approximate surface area is 156 Å². The van der Waals surface area contributed by atoms with Crippen molar-refractivity contribution in [3.63, 3.8) is 0 Å². The lowest BCUT2D eigenvalue weighted by Crippen LogP contribution is -2.57. The number of halogens is 2. The predicted octanol–water partition coefficient (Wildman–Crippen LogP) is 1.72. The van der Waals surface area contributed by atoms with E-state index in [2.05, 4.69) is 0 Å². The summed E-state index contributed by atoms with van der Waals surface area (Å²) in [6.07, 6.45) is -2.41. The average Bonchev–Trinajstić information content (AvgIpc) is 2.87. The predicted molar refractivity (Wildman–Crippen MR) is 94.6 cm³/mol. The normalized spacial score (nSPS) is 19.2. The summed E-state index contributed by atoms with van der Waals surface area (Å²) in [5.41, 5.74) is 0.616. The van der Waals surface area contributed by atoms with Gasteiger partial charge in [-0.1, -0.05) is 26.0 Å². The van der Waals surface area contributed by atoms with Crippen LogP contribution in [0.2, 0.25) is 0 Å². The zero-order valence-corrected chi connectivity index (χ0v) is 15.4. The number of imide groups is 1. The summed E-state index contributed by atoms with van der Waals surface area (Å²) in [7, 11) is 0. The first-order chi connectivity index (χ1) is 12.8. The molecule has 1 fully saturated rings. The molecule has 1 aromatic rings. The van der Waals surface area contributed by atoms with Crippen molar-refractivity contribution in [3.8, 4) is 0 Å². The molecule has 1 saturated heterocycles. The van der Waals surface area contributed by atoms with E-state index in [9.17, 15) is 23.2 Å². The van der Waals surface area contributed by atoms with Gasteiger partial charge in [-0.25, -0.2) is 8.78 Å². The van der Waals surface area contributed by atoms with Gasteiger partial charge < -0.3 is 4.90 Å². The molecular weight excluding hydrogens is 356 g/mol. The molecule has 0 aromatic heterocycles. The van der Waals surface area contributed by atoms with Crippen LogP contribution < -0.4 is 0 Å². The number of fused-ring (bicyclic) bond motifs is 1. The summed E-state index contributed by atoms with van der Waals surface area (Å²) >= 11 is 0. The summed E-state index contributed by atoms with van der Waals surface area (Å²) in [6, 6.07) is 5.63. The van der Waals surface area contributed by atoms with E-state index in [0.29, 0.717) is 37.3 Å². The highest BCUT2D eigenvalue weighted by molar-refractivity contribution is 6.22. The van der Waals surface area contributed by atoms with E-state index in [0.717, 1.165) is 4.90 Å². The quantitative estimate of drug-likeness (QED) is 0.731. The maximum absolute atomic E-state index is 13.1. The number of carbonyl (C=O) groups excluding carboxylic acids is 3. The lowest BCUT2D eigenvalue weighted by atomic mass is 10.0. The maximum atomic E-state index is 13.1. The summed E-state index contributed by atoms with van der Waals surface area (Å²) in [5, 5.41) is 0. The van der Waals surface area contributed by atoms with E-state index >= 15 is 0 Å². The van der Waals surface area contributed by atoms with E-state index in [-0.39, 0.29) is 18.4 Å². The summed E-state index contributed by atoms with van der Waals surface area (Å²) in [5.74, 6) is -1.49. The van der Waals surface area contributed by atoms with Gasteiger partial charge in [0.2, 0.25) is 5.91 Å². The smallest absolute Gasteiger partial charge is 0.262 e. The first-order valence-electron chi connectivity index (χ1n) is 9.07. The minimum atomic E-state index is -2.41. The first kappa shape index (κ1) is 19.4. The molecule has 0 N–H and O–H groups in total. The molecular formula is C19H23F2N3O3. The Morgan fingerprint density at radius 2 is 1.52 bits per heavy atom. The zero-order chi connectivity index (χ0) is 19.7. The molecule has 8 heteroatoms. The van der Waals surface area contributed by atoms with Gasteiger partial charge in [-0.2, -0.15) is 0 Å². The van der Waals surface area contributed by atoms with Crippen molar-refractivity contribution < 1.29 is 23.2 Å². The van der Waals surface area contributed by atoms with Crippen LogP contribution in [-0.4, -0.2) is 77.6 Å². The molecule has 0 spiro atoms. The molecule has 2 aliphatic heterocycles. The largest absolute Gasteiger partial charge is 0.338 e. The van der Waals surface area contributed by atoms with Crippen molar-refractivity contribution in [2.45, 2.75) is 26.3 Å². The lowest BCUT2D eigenvalue weighted by Gasteiger charge is -2.38. The second kappa shape index (κ2) is 7.72. The van der Waals surface area contributed by atoms with E-state index in [4.69, 9.17) is 0 Å². The fourth-order valence-corrected chi connectivity index (χ4v) is 3.69. The highest BCUT2D eigenvalue weighted by Crippen LogP contribution is 2.28. The second-order valence-electron chi connectivity index (χ2n) is 7.23. The first-order valence-corrected chi connectivity index (χ1v) is 9.07. The molecule has 6 nitrogen and oxygen atoms in total. The van der Waals surface area contributed by atoms with Crippen molar-refractivity contribution in [2.24, 2.45) is 5.92 Å². The number of amides is 3. The SMILES string of the molecule is CC(C)C(C(=O)N1CCN(CC(F)F)CC1)N1C(=O)c2ccccc2C1=O. The Hall–Kier alpha value is -2.35. The van der Waals surface area contributed by atoms with Crippen LogP contribution in [-0.2, 0) is 4.79 Å². The monoisotopic (exact) mass is 379 g/mol. The third-order valence-electron chi connectivity index (χ3n) is 5.07. The van der Waals surface area contributed by atoms with Gasteiger partial charge in [0.25, 0.3) is 18.2 Å². The van der Waals surface area contributed by atoms with Crippen LogP contribution in [0.25, 0.3) is 0 Å². The average molecular weight is 379 g/mol. The summed E-state index contributed by atoms with van der Waals surface area (Å²) in [6.45, 7) is 4.58. The van der Waals surface area contributed by atoms with Crippen molar-refractivity contribution in [3.05, 3.63) is 35.4 Å². The third kappa shape index (κ3) is 3.71. The van der Waals surface area contributed by atoms with Crippen LogP contribution in [0.1, 0.15) is 34.6 Å². The molecule has 0 aliphatic carbocycles. The maximum Gasteiger partial charge on any atom is 0.262 e. The number of nitrogens with zero attached hydrogens (tertiary/aromatic N) is 3. The number of benzene rings is 1. The molecule has 2 heterocycles. The van der Waals surface area contributed by atoms with Crippen LogP contribution >= 0.6 is 0 Å². The van der Waals surface area contributed by atoms with Crippen LogP contribution in [0.4, 0.5) is 8.78 Å². The number of rotatable bonds is 5. The molecule has 2 aliphatic rings. The highest BCUT2D eigenvalue weighted by Gasteiger charge is 2.45. The van der Waals surface area contributed by atoms with Gasteiger partial charge in [-0.15, -0.1) is 0 Å². The van der Waals surface area contributed by atoms with Crippen LogP contribution in [0, 0.1) is 5.92 Å². The number of piperazine rings is 1. The van der Waals surface area contributed by atoms with Crippen molar-refractivity contribution in [1.29, 1.82) is 0 Å². The fraction of sp³-hybridized carbons (Fsp3) is 0.526. The zero-order valence-electron chi connectivity index (χ0n) is 15.4.